The number of hydrogen-bond acceptors (Lipinski definition) is 19. The zero-order chi connectivity index (χ0) is 56.0. The molecule has 0 bridgehead atoms. The molecule has 3 aliphatic heterocycles. The fraction of sp³-hybridized carbons (Fsp3) is 0.527. The fourth-order valence-electron chi connectivity index (χ4n) is 9.64. The highest BCUT2D eigenvalue weighted by molar-refractivity contribution is 7.91. The molecular weight excluding hydrogens is 1020 g/mol. The molecule has 10 atom stereocenters. The van der Waals surface area contributed by atoms with E-state index in [0.717, 1.165) is 35.4 Å². The van der Waals surface area contributed by atoms with Gasteiger partial charge in [0.2, 0.25) is 0 Å². The molecule has 0 saturated carbocycles. The van der Waals surface area contributed by atoms with Gasteiger partial charge in [-0.3, -0.25) is 25.0 Å². The van der Waals surface area contributed by atoms with E-state index in [1.165, 1.54) is 50.6 Å². The number of nitrogens with zero attached hydrogens (tertiary/aromatic N) is 2. The maximum atomic E-state index is 14.3. The van der Waals surface area contributed by atoms with Gasteiger partial charge in [0.1, 0.15) is 25.9 Å². The Labute approximate surface area is 447 Å². The summed E-state index contributed by atoms with van der Waals surface area (Å²) in [6, 6.07) is 17.2. The van der Waals surface area contributed by atoms with Gasteiger partial charge in [-0.2, -0.15) is 0 Å². The van der Waals surface area contributed by atoms with E-state index in [9.17, 15) is 47.8 Å². The molecule has 22 heteroatoms. The first-order valence-corrected chi connectivity index (χ1v) is 27.0. The summed E-state index contributed by atoms with van der Waals surface area (Å²) in [5.74, 6) is -4.58. The normalized spacial score (nSPS) is 23.8. The van der Waals surface area contributed by atoms with Crippen LogP contribution in [0.25, 0.3) is 0 Å². The summed E-state index contributed by atoms with van der Waals surface area (Å²) in [6.45, 7) is 10.9. The Morgan fingerprint density at radius 1 is 0.792 bits per heavy atom. The minimum Gasteiger partial charge on any atom is -0.465 e. The van der Waals surface area contributed by atoms with Crippen LogP contribution in [0.1, 0.15) is 93.4 Å². The quantitative estimate of drug-likeness (QED) is 0.0184. The van der Waals surface area contributed by atoms with Crippen LogP contribution < -0.4 is 0 Å². The van der Waals surface area contributed by atoms with Crippen molar-refractivity contribution in [1.82, 2.24) is 0 Å². The van der Waals surface area contributed by atoms with Crippen LogP contribution >= 0.6 is 0 Å². The molecule has 77 heavy (non-hydrogen) atoms. The van der Waals surface area contributed by atoms with Gasteiger partial charge in [0.25, 0.3) is 11.4 Å². The number of carbonyl (C=O) groups is 4. The van der Waals surface area contributed by atoms with Gasteiger partial charge in [-0.1, -0.05) is 36.4 Å². The van der Waals surface area contributed by atoms with Gasteiger partial charge in [-0.25, -0.2) is 22.8 Å². The number of ether oxygens (including phenoxy) is 9. The molecule has 21 nitrogen and oxygen atoms in total. The molecule has 0 aliphatic carbocycles. The number of nitro groups is 2. The topological polar surface area (TPSA) is 272 Å². The molecule has 0 amide bonds. The van der Waals surface area contributed by atoms with E-state index >= 15 is 0 Å². The highest BCUT2D eigenvalue weighted by Gasteiger charge is 2.50. The van der Waals surface area contributed by atoms with E-state index in [1.807, 2.05) is 13.0 Å². The van der Waals surface area contributed by atoms with Crippen molar-refractivity contribution in [2.45, 2.75) is 126 Å². The van der Waals surface area contributed by atoms with Crippen LogP contribution in [0.5, 0.6) is 0 Å². The average molecular weight is 1090 g/mol. The minimum absolute atomic E-state index is 0.0377. The average Bonchev–Trinajstić information content (AvgIpc) is 3.92. The van der Waals surface area contributed by atoms with Crippen LogP contribution in [0, 0.1) is 37.5 Å². The Balaban J connectivity index is 1.25. The molecule has 0 radical (unpaired) electrons. The van der Waals surface area contributed by atoms with Crippen molar-refractivity contribution in [3.63, 3.8) is 0 Å². The van der Waals surface area contributed by atoms with Crippen molar-refractivity contribution < 1.29 is 80.1 Å². The summed E-state index contributed by atoms with van der Waals surface area (Å²) in [6.07, 6.45) is -0.915. The molecule has 2 unspecified atom stereocenters. The smallest absolute Gasteiger partial charge is 0.338 e. The Morgan fingerprint density at radius 3 is 2.03 bits per heavy atom. The van der Waals surface area contributed by atoms with E-state index in [2.05, 4.69) is 6.58 Å². The monoisotopic (exact) mass is 1090 g/mol. The summed E-state index contributed by atoms with van der Waals surface area (Å²) >= 11 is 0. The summed E-state index contributed by atoms with van der Waals surface area (Å²) in [5, 5.41) is 22.6. The maximum absolute atomic E-state index is 14.3. The SMILES string of the molecule is C=C1C[C@H](CCCOC(=O)C(C)(C)C)O[C@H]1CC[C@H]1C=C(C)C(COC(=O)COC)[C@@H](C[C@@H]2O[C@H](CC(COC(=O)c3ccc([N+](=O)[O-])cc3)OC(=O)c3ccc([N+](=O)[O-])cc3)[C@H](OC)[C@H]2CS(=O)(=O)c2ccccc2)O1. The molecule has 3 heterocycles. The van der Waals surface area contributed by atoms with Gasteiger partial charge >= 0.3 is 23.9 Å². The molecule has 6 rings (SSSR count). The first-order chi connectivity index (χ1) is 36.6. The number of nitro benzene ring substituents is 2. The van der Waals surface area contributed by atoms with Crippen molar-refractivity contribution >= 4 is 45.1 Å². The van der Waals surface area contributed by atoms with E-state index in [-0.39, 0.29) is 78.2 Å². The van der Waals surface area contributed by atoms with Crippen molar-refractivity contribution in [3.8, 4) is 0 Å². The van der Waals surface area contributed by atoms with E-state index in [4.69, 9.17) is 42.6 Å². The van der Waals surface area contributed by atoms with Gasteiger partial charge in [0.15, 0.2) is 9.84 Å². The largest absolute Gasteiger partial charge is 0.465 e. The number of sulfone groups is 1. The molecule has 3 aliphatic rings. The second-order valence-electron chi connectivity index (χ2n) is 20.4. The zero-order valence-electron chi connectivity index (χ0n) is 44.1. The Bertz CT molecular complexity index is 2690. The van der Waals surface area contributed by atoms with Crippen molar-refractivity contribution in [2.75, 3.05) is 46.4 Å². The summed E-state index contributed by atoms with van der Waals surface area (Å²) in [7, 11) is -1.27. The standard InChI is InChI=1S/C55H68N2O19S/c1-34-26-41(23-24-46-35(2)27-40(73-46)12-11-25-70-54(61)55(3,4)5)74-47(44(34)31-71-50(58)32-68-6)29-48-45(33-77(66,67)43-13-9-8-10-14-43)51(69-7)49(76-48)28-42(75-53(60)37-17-21-39(22-18-37)57(64)65)30-72-52(59)36-15-19-38(20-16-36)56(62)63/h8-10,13-22,26,40-42,44-49,51H,2,11-12,23-25,27-33H2,1,3-7H3/t40-,41-,42?,44?,45-,46-,47+,48-,49+,51+/m0/s1. The zero-order valence-corrected chi connectivity index (χ0v) is 44.9. The first kappa shape index (κ1) is 59.8. The first-order valence-electron chi connectivity index (χ1n) is 25.4. The van der Waals surface area contributed by atoms with Crippen molar-refractivity contribution in [2.24, 2.45) is 17.3 Å². The molecule has 418 valence electrons. The molecular formula is C55H68N2O19S. The molecule has 2 fully saturated rings. The Kier molecular flexibility index (Phi) is 21.2. The van der Waals surface area contributed by atoms with E-state index in [0.29, 0.717) is 32.1 Å². The molecule has 3 aromatic carbocycles. The predicted octanol–water partition coefficient (Wildman–Crippen LogP) is 7.92. The number of carbonyl (C=O) groups excluding carboxylic acids is 4. The molecule has 0 N–H and O–H groups in total. The molecule has 0 spiro atoms. The van der Waals surface area contributed by atoms with Crippen molar-refractivity contribution in [1.29, 1.82) is 0 Å². The van der Waals surface area contributed by atoms with Crippen LogP contribution in [0.4, 0.5) is 11.4 Å². The summed E-state index contributed by atoms with van der Waals surface area (Å²) in [4.78, 5) is 73.4. The number of non-ortho nitro benzene ring substituents is 2. The highest BCUT2D eigenvalue weighted by Crippen LogP contribution is 2.41. The number of hydrogen-bond donors (Lipinski definition) is 0. The molecule has 3 aromatic rings. The maximum Gasteiger partial charge on any atom is 0.338 e. The minimum atomic E-state index is -4.03. The van der Waals surface area contributed by atoms with Crippen LogP contribution in [-0.2, 0) is 62.1 Å². The lowest BCUT2D eigenvalue weighted by atomic mass is 9.84. The van der Waals surface area contributed by atoms with Crippen molar-refractivity contribution in [3.05, 3.63) is 134 Å². The van der Waals surface area contributed by atoms with Crippen LogP contribution in [-0.4, -0.2) is 137 Å². The third-order valence-corrected chi connectivity index (χ3v) is 15.5. The number of rotatable bonds is 26. The Hall–Kier alpha value is -6.43. The second kappa shape index (κ2) is 27.2. The summed E-state index contributed by atoms with van der Waals surface area (Å²) in [5.41, 5.74) is 0.554. The lowest BCUT2D eigenvalue weighted by molar-refractivity contribution is -0.385. The van der Waals surface area contributed by atoms with Gasteiger partial charge in [-0.05, 0) is 102 Å². The summed E-state index contributed by atoms with van der Waals surface area (Å²) < 4.78 is 82.4. The number of esters is 4. The third kappa shape index (κ3) is 16.8. The van der Waals surface area contributed by atoms with E-state index < -0.39 is 104 Å². The predicted molar refractivity (Wildman–Crippen MR) is 276 cm³/mol. The van der Waals surface area contributed by atoms with Crippen LogP contribution in [0.3, 0.4) is 0 Å². The van der Waals surface area contributed by atoms with E-state index in [1.54, 1.807) is 39.0 Å². The lowest BCUT2D eigenvalue weighted by Crippen LogP contribution is -2.42. The van der Waals surface area contributed by atoms with Gasteiger partial charge in [-0.15, -0.1) is 0 Å². The molecule has 0 aromatic heterocycles. The second-order valence-corrected chi connectivity index (χ2v) is 22.5. The fourth-order valence-corrected chi connectivity index (χ4v) is 11.3. The number of methoxy groups -OCH3 is 2. The molecule has 2 saturated heterocycles. The van der Waals surface area contributed by atoms with Gasteiger partial charge < -0.3 is 42.6 Å². The van der Waals surface area contributed by atoms with Crippen LogP contribution in [0.2, 0.25) is 0 Å². The van der Waals surface area contributed by atoms with Gasteiger partial charge in [0.05, 0.1) is 86.4 Å². The third-order valence-electron chi connectivity index (χ3n) is 13.7. The highest BCUT2D eigenvalue weighted by atomic mass is 32.2. The number of benzene rings is 3. The lowest BCUT2D eigenvalue weighted by Gasteiger charge is -2.37. The Morgan fingerprint density at radius 2 is 1.43 bits per heavy atom. The van der Waals surface area contributed by atoms with Gasteiger partial charge in [0, 0.05) is 63.2 Å². The van der Waals surface area contributed by atoms with Crippen LogP contribution in [0.15, 0.2) is 108 Å².